The van der Waals surface area contributed by atoms with Crippen LogP contribution in [0.25, 0.3) is 0 Å². The lowest BCUT2D eigenvalue weighted by molar-refractivity contribution is -0.112. The van der Waals surface area contributed by atoms with E-state index in [0.29, 0.717) is 11.1 Å². The third-order valence-corrected chi connectivity index (χ3v) is 2.40. The number of anilines is 1. The molecule has 0 aliphatic rings. The molecule has 1 rings (SSSR count). The van der Waals surface area contributed by atoms with E-state index < -0.39 is 0 Å². The minimum atomic E-state index is -0.175. The topological polar surface area (TPSA) is 41.5 Å². The first kappa shape index (κ1) is 13.9. The van der Waals surface area contributed by atoms with E-state index >= 15 is 0 Å². The highest BCUT2D eigenvalue weighted by Gasteiger charge is 2.09. The molecule has 1 N–H and O–H groups in total. The van der Waals surface area contributed by atoms with Crippen LogP contribution in [0.1, 0.15) is 12.5 Å². The van der Waals surface area contributed by atoms with Gasteiger partial charge in [0, 0.05) is 24.5 Å². The molecule has 0 spiro atoms. The Morgan fingerprint density at radius 1 is 1.33 bits per heavy atom. The van der Waals surface area contributed by atoms with Crippen LogP contribution in [-0.4, -0.2) is 19.2 Å². The van der Waals surface area contributed by atoms with Crippen LogP contribution in [0.4, 0.5) is 5.69 Å². The molecule has 0 radical (unpaired) electrons. The van der Waals surface area contributed by atoms with E-state index in [9.17, 15) is 4.79 Å². The van der Waals surface area contributed by atoms with Crippen molar-refractivity contribution in [3.05, 3.63) is 53.6 Å². The van der Waals surface area contributed by atoms with Crippen LogP contribution >= 0.6 is 0 Å². The molecule has 0 aromatic heterocycles. The zero-order chi connectivity index (χ0) is 13.5. The fraction of sp³-hybridized carbons (Fsp3) is 0.200. The van der Waals surface area contributed by atoms with Gasteiger partial charge < -0.3 is 5.32 Å². The summed E-state index contributed by atoms with van der Waals surface area (Å²) in [4.78, 5) is 15.9. The average Bonchev–Trinajstić information content (AvgIpc) is 2.32. The standard InChI is InChI=1S/C15H18N2O/c1-11(2)14(9-10-16-4)15(18)17-13-7-5-12(3)6-8-13/h5-10H,1H2,2-4H3,(H,17,18)/b14-9+,16-10?. The van der Waals surface area contributed by atoms with Crippen LogP contribution < -0.4 is 5.32 Å². The molecule has 18 heavy (non-hydrogen) atoms. The summed E-state index contributed by atoms with van der Waals surface area (Å²) in [5.74, 6) is -0.175. The highest BCUT2D eigenvalue weighted by atomic mass is 16.1. The Labute approximate surface area is 108 Å². The molecule has 0 saturated carbocycles. The molecule has 94 valence electrons. The second-order valence-corrected chi connectivity index (χ2v) is 4.09. The minimum absolute atomic E-state index is 0.175. The molecule has 0 bridgehead atoms. The van der Waals surface area contributed by atoms with E-state index in [2.05, 4.69) is 16.9 Å². The van der Waals surface area contributed by atoms with Gasteiger partial charge in [-0.05, 0) is 37.6 Å². The van der Waals surface area contributed by atoms with Crippen molar-refractivity contribution in [1.82, 2.24) is 0 Å². The lowest BCUT2D eigenvalue weighted by Gasteiger charge is -2.08. The van der Waals surface area contributed by atoms with Crippen molar-refractivity contribution in [1.29, 1.82) is 0 Å². The molecule has 0 aliphatic carbocycles. The highest BCUT2D eigenvalue weighted by Crippen LogP contribution is 2.13. The molecule has 1 amide bonds. The number of nitrogens with zero attached hydrogens (tertiary/aromatic N) is 1. The molecule has 0 atom stereocenters. The van der Waals surface area contributed by atoms with Gasteiger partial charge in [0.05, 0.1) is 0 Å². The lowest BCUT2D eigenvalue weighted by atomic mass is 10.1. The third kappa shape index (κ3) is 4.01. The maximum absolute atomic E-state index is 12.0. The van der Waals surface area contributed by atoms with Gasteiger partial charge in [0.1, 0.15) is 0 Å². The van der Waals surface area contributed by atoms with Gasteiger partial charge in [0.25, 0.3) is 5.91 Å². The van der Waals surface area contributed by atoms with Crippen LogP contribution in [0.15, 0.2) is 53.1 Å². The van der Waals surface area contributed by atoms with E-state index in [0.717, 1.165) is 11.3 Å². The molecule has 0 aliphatic heterocycles. The van der Waals surface area contributed by atoms with Crippen molar-refractivity contribution in [3.8, 4) is 0 Å². The van der Waals surface area contributed by atoms with Gasteiger partial charge in [0.15, 0.2) is 0 Å². The summed E-state index contributed by atoms with van der Waals surface area (Å²) in [5, 5.41) is 2.83. The molecule has 0 unspecified atom stereocenters. The Balaban J connectivity index is 2.85. The van der Waals surface area contributed by atoms with Gasteiger partial charge >= 0.3 is 0 Å². The number of amides is 1. The van der Waals surface area contributed by atoms with Crippen LogP contribution in [0.3, 0.4) is 0 Å². The van der Waals surface area contributed by atoms with Crippen LogP contribution in [0.2, 0.25) is 0 Å². The Hall–Kier alpha value is -2.16. The zero-order valence-electron chi connectivity index (χ0n) is 11.0. The Morgan fingerprint density at radius 3 is 2.44 bits per heavy atom. The van der Waals surface area contributed by atoms with Crippen molar-refractivity contribution in [2.75, 3.05) is 12.4 Å². The Morgan fingerprint density at radius 2 is 1.94 bits per heavy atom. The number of aliphatic imine (C=N–C) groups is 1. The largest absolute Gasteiger partial charge is 0.322 e. The molecule has 1 aromatic rings. The summed E-state index contributed by atoms with van der Waals surface area (Å²) >= 11 is 0. The fourth-order valence-electron chi connectivity index (χ4n) is 1.40. The number of aryl methyl sites for hydroxylation is 1. The number of hydrogen-bond acceptors (Lipinski definition) is 2. The zero-order valence-corrected chi connectivity index (χ0v) is 11.0. The van der Waals surface area contributed by atoms with Gasteiger partial charge in [0.2, 0.25) is 0 Å². The Kier molecular flexibility index (Phi) is 5.06. The number of carbonyl (C=O) groups excluding carboxylic acids is 1. The van der Waals surface area contributed by atoms with Crippen LogP contribution in [0, 0.1) is 6.92 Å². The average molecular weight is 242 g/mol. The number of benzene rings is 1. The summed E-state index contributed by atoms with van der Waals surface area (Å²) in [7, 11) is 1.66. The molecule has 3 nitrogen and oxygen atoms in total. The van der Waals surface area contributed by atoms with E-state index in [1.807, 2.05) is 31.2 Å². The molecule has 0 fully saturated rings. The normalized spacial score (nSPS) is 11.6. The van der Waals surface area contributed by atoms with Gasteiger partial charge in [-0.1, -0.05) is 24.3 Å². The van der Waals surface area contributed by atoms with E-state index in [-0.39, 0.29) is 5.91 Å². The van der Waals surface area contributed by atoms with Crippen molar-refractivity contribution in [3.63, 3.8) is 0 Å². The lowest BCUT2D eigenvalue weighted by Crippen LogP contribution is -2.15. The van der Waals surface area contributed by atoms with Gasteiger partial charge in [-0.25, -0.2) is 0 Å². The predicted molar refractivity (Wildman–Crippen MR) is 77.1 cm³/mol. The Bertz CT molecular complexity index is 496. The number of rotatable bonds is 4. The summed E-state index contributed by atoms with van der Waals surface area (Å²) < 4.78 is 0. The molecule has 3 heteroatoms. The SMILES string of the molecule is C=C(C)/C(=C\C=NC)C(=O)Nc1ccc(C)cc1. The maximum Gasteiger partial charge on any atom is 0.255 e. The quantitative estimate of drug-likeness (QED) is 0.492. The van der Waals surface area contributed by atoms with Gasteiger partial charge in [-0.15, -0.1) is 0 Å². The van der Waals surface area contributed by atoms with E-state index in [4.69, 9.17) is 0 Å². The summed E-state index contributed by atoms with van der Waals surface area (Å²) in [6.07, 6.45) is 3.24. The molecule has 1 aromatic carbocycles. The first-order valence-electron chi connectivity index (χ1n) is 5.71. The fourth-order valence-corrected chi connectivity index (χ4v) is 1.40. The summed E-state index contributed by atoms with van der Waals surface area (Å²) in [6, 6.07) is 7.65. The van der Waals surface area contributed by atoms with Crippen LogP contribution in [0.5, 0.6) is 0 Å². The van der Waals surface area contributed by atoms with E-state index in [1.54, 1.807) is 26.3 Å². The highest BCUT2D eigenvalue weighted by molar-refractivity contribution is 6.08. The maximum atomic E-state index is 12.0. The first-order valence-corrected chi connectivity index (χ1v) is 5.71. The predicted octanol–water partition coefficient (Wildman–Crippen LogP) is 3.14. The number of allylic oxidation sites excluding steroid dienone is 1. The molecule has 0 heterocycles. The monoisotopic (exact) mass is 242 g/mol. The van der Waals surface area contributed by atoms with Crippen molar-refractivity contribution < 1.29 is 4.79 Å². The smallest absolute Gasteiger partial charge is 0.255 e. The van der Waals surface area contributed by atoms with Crippen molar-refractivity contribution in [2.24, 2.45) is 4.99 Å². The van der Waals surface area contributed by atoms with Gasteiger partial charge in [-0.2, -0.15) is 0 Å². The van der Waals surface area contributed by atoms with Crippen LogP contribution in [-0.2, 0) is 4.79 Å². The molecular formula is C15H18N2O. The summed E-state index contributed by atoms with van der Waals surface area (Å²) in [6.45, 7) is 7.59. The minimum Gasteiger partial charge on any atom is -0.322 e. The second-order valence-electron chi connectivity index (χ2n) is 4.09. The van der Waals surface area contributed by atoms with Crippen molar-refractivity contribution in [2.45, 2.75) is 13.8 Å². The molecular weight excluding hydrogens is 224 g/mol. The van der Waals surface area contributed by atoms with Crippen molar-refractivity contribution >= 4 is 17.8 Å². The number of nitrogens with one attached hydrogen (secondary N) is 1. The number of hydrogen-bond donors (Lipinski definition) is 1. The second kappa shape index (κ2) is 6.55. The third-order valence-electron chi connectivity index (χ3n) is 2.40. The van der Waals surface area contributed by atoms with E-state index in [1.165, 1.54) is 0 Å². The van der Waals surface area contributed by atoms with Gasteiger partial charge in [-0.3, -0.25) is 9.79 Å². The number of carbonyl (C=O) groups is 1. The molecule has 0 saturated heterocycles. The summed E-state index contributed by atoms with van der Waals surface area (Å²) in [5.41, 5.74) is 3.16. The first-order chi connectivity index (χ1) is 8.54.